The third-order valence-corrected chi connectivity index (χ3v) is 4.70. The molecule has 1 aromatic heterocycles. The van der Waals surface area contributed by atoms with Gasteiger partial charge in [-0.25, -0.2) is 4.68 Å². The number of amides is 2. The number of nitrogens with one attached hydrogen (secondary N) is 1. The molecule has 0 saturated carbocycles. The van der Waals surface area contributed by atoms with Gasteiger partial charge in [-0.15, -0.1) is 0 Å². The van der Waals surface area contributed by atoms with E-state index in [-0.39, 0.29) is 10.7 Å². The van der Waals surface area contributed by atoms with E-state index in [2.05, 4.69) is 10.4 Å². The van der Waals surface area contributed by atoms with Crippen LogP contribution in [-0.4, -0.2) is 26.7 Å². The fourth-order valence-corrected chi connectivity index (χ4v) is 3.20. The fraction of sp³-hybridized carbons (Fsp3) is 0. The van der Waals surface area contributed by atoms with E-state index in [0.717, 1.165) is 5.69 Å². The topological polar surface area (TPSA) is 67.2 Å². The van der Waals surface area contributed by atoms with Crippen molar-refractivity contribution in [3.63, 3.8) is 0 Å². The molecule has 1 aliphatic heterocycles. The zero-order chi connectivity index (χ0) is 19.7. The Morgan fingerprint density at radius 2 is 1.68 bits per heavy atom. The van der Waals surface area contributed by atoms with E-state index in [9.17, 15) is 9.59 Å². The molecule has 2 aromatic carbocycles. The van der Waals surface area contributed by atoms with Gasteiger partial charge in [-0.05, 0) is 66.3 Å². The van der Waals surface area contributed by atoms with Crippen molar-refractivity contribution >= 4 is 52.5 Å². The van der Waals surface area contributed by atoms with Crippen molar-refractivity contribution in [3.8, 4) is 5.69 Å². The summed E-state index contributed by atoms with van der Waals surface area (Å²) < 4.78 is 1.72. The van der Waals surface area contributed by atoms with Crippen molar-refractivity contribution in [2.75, 3.05) is 4.90 Å². The lowest BCUT2D eigenvalue weighted by atomic mass is 10.1. The molecular weight excluding hydrogens is 396 g/mol. The fourth-order valence-electron chi connectivity index (χ4n) is 2.79. The molecule has 0 aliphatic carbocycles. The lowest BCUT2D eigenvalue weighted by Crippen LogP contribution is -2.54. The number of carbonyl (C=O) groups excluding carboxylic acids is 2. The maximum Gasteiger partial charge on any atom is 0.270 e. The predicted molar refractivity (Wildman–Crippen MR) is 111 cm³/mol. The minimum atomic E-state index is -0.531. The minimum Gasteiger partial charge on any atom is -0.298 e. The normalized spacial score (nSPS) is 15.8. The van der Waals surface area contributed by atoms with E-state index < -0.39 is 11.8 Å². The molecule has 6 nitrogen and oxygen atoms in total. The van der Waals surface area contributed by atoms with Crippen LogP contribution >= 0.6 is 23.8 Å². The van der Waals surface area contributed by atoms with Gasteiger partial charge in [-0.3, -0.25) is 19.8 Å². The largest absolute Gasteiger partial charge is 0.298 e. The molecule has 0 atom stereocenters. The number of carbonyl (C=O) groups is 2. The van der Waals surface area contributed by atoms with Gasteiger partial charge in [-0.2, -0.15) is 5.10 Å². The Labute approximate surface area is 171 Å². The summed E-state index contributed by atoms with van der Waals surface area (Å²) in [5.74, 6) is -1.02. The van der Waals surface area contributed by atoms with Gasteiger partial charge >= 0.3 is 0 Å². The highest BCUT2D eigenvalue weighted by atomic mass is 35.5. The van der Waals surface area contributed by atoms with Crippen LogP contribution in [0.3, 0.4) is 0 Å². The van der Waals surface area contributed by atoms with Crippen LogP contribution in [0.4, 0.5) is 5.69 Å². The maximum absolute atomic E-state index is 13.0. The van der Waals surface area contributed by atoms with Crippen LogP contribution in [0.5, 0.6) is 0 Å². The monoisotopic (exact) mass is 408 g/mol. The highest BCUT2D eigenvalue weighted by molar-refractivity contribution is 7.80. The molecule has 0 bridgehead atoms. The summed E-state index contributed by atoms with van der Waals surface area (Å²) in [7, 11) is 0. The highest BCUT2D eigenvalue weighted by Gasteiger charge is 2.34. The number of halogens is 1. The first-order chi connectivity index (χ1) is 13.5. The average molecular weight is 409 g/mol. The molecule has 1 N–H and O–H groups in total. The van der Waals surface area contributed by atoms with Crippen molar-refractivity contribution in [2.24, 2.45) is 0 Å². The standard InChI is InChI=1S/C20H13ClN4O2S/c21-14-4-8-16(9-5-14)25-19(27)17(18(26)23-20(25)28)12-13-2-6-15(7-3-13)24-11-1-10-22-24/h1-12H,(H,23,26,28). The smallest absolute Gasteiger partial charge is 0.270 e. The highest BCUT2D eigenvalue weighted by Crippen LogP contribution is 2.24. The van der Waals surface area contributed by atoms with Crippen LogP contribution in [0.1, 0.15) is 5.56 Å². The van der Waals surface area contributed by atoms with Crippen LogP contribution in [0.2, 0.25) is 5.02 Å². The lowest BCUT2D eigenvalue weighted by Gasteiger charge is -2.28. The van der Waals surface area contributed by atoms with Gasteiger partial charge in [0.15, 0.2) is 5.11 Å². The van der Waals surface area contributed by atoms with Gasteiger partial charge in [0.25, 0.3) is 11.8 Å². The zero-order valence-electron chi connectivity index (χ0n) is 14.4. The Bertz CT molecular complexity index is 1090. The van der Waals surface area contributed by atoms with Gasteiger partial charge in [0.1, 0.15) is 5.57 Å². The summed E-state index contributed by atoms with van der Waals surface area (Å²) in [6, 6.07) is 15.8. The molecule has 2 amide bonds. The van der Waals surface area contributed by atoms with E-state index in [1.54, 1.807) is 35.1 Å². The van der Waals surface area contributed by atoms with Gasteiger partial charge < -0.3 is 0 Å². The average Bonchev–Trinajstić information content (AvgIpc) is 3.22. The first kappa shape index (κ1) is 18.1. The van der Waals surface area contributed by atoms with E-state index in [0.29, 0.717) is 16.3 Å². The molecule has 8 heteroatoms. The summed E-state index contributed by atoms with van der Waals surface area (Å²) in [6.45, 7) is 0. The maximum atomic E-state index is 13.0. The van der Waals surface area contributed by atoms with Crippen molar-refractivity contribution in [1.29, 1.82) is 0 Å². The second kappa shape index (κ2) is 7.38. The molecular formula is C20H13ClN4O2S. The van der Waals surface area contributed by atoms with E-state index in [1.165, 1.54) is 11.0 Å². The second-order valence-electron chi connectivity index (χ2n) is 5.98. The number of rotatable bonds is 3. The van der Waals surface area contributed by atoms with Crippen LogP contribution < -0.4 is 10.2 Å². The summed E-state index contributed by atoms with van der Waals surface area (Å²) in [4.78, 5) is 26.6. The summed E-state index contributed by atoms with van der Waals surface area (Å²) in [5, 5.41) is 7.29. The number of anilines is 1. The Morgan fingerprint density at radius 1 is 1.00 bits per heavy atom. The van der Waals surface area contributed by atoms with Crippen LogP contribution in [-0.2, 0) is 9.59 Å². The number of thiocarbonyl (C=S) groups is 1. The molecule has 0 radical (unpaired) electrons. The van der Waals surface area contributed by atoms with Gasteiger partial charge in [0.05, 0.1) is 11.4 Å². The van der Waals surface area contributed by atoms with Crippen molar-refractivity contribution in [1.82, 2.24) is 15.1 Å². The minimum absolute atomic E-state index is 0.00427. The Kier molecular flexibility index (Phi) is 4.77. The third-order valence-electron chi connectivity index (χ3n) is 4.16. The van der Waals surface area contributed by atoms with E-state index in [1.807, 2.05) is 36.5 Å². The molecule has 0 unspecified atom stereocenters. The van der Waals surface area contributed by atoms with E-state index in [4.69, 9.17) is 23.8 Å². The molecule has 1 aliphatic rings. The van der Waals surface area contributed by atoms with Crippen LogP contribution in [0, 0.1) is 0 Å². The molecule has 4 rings (SSSR count). The Hall–Kier alpha value is -3.29. The van der Waals surface area contributed by atoms with Crippen LogP contribution in [0.15, 0.2) is 72.6 Å². The number of hydrogen-bond acceptors (Lipinski definition) is 4. The summed E-state index contributed by atoms with van der Waals surface area (Å²) >= 11 is 11.1. The van der Waals surface area contributed by atoms with Gasteiger partial charge in [0, 0.05) is 17.4 Å². The van der Waals surface area contributed by atoms with Crippen LogP contribution in [0.25, 0.3) is 11.8 Å². The number of nitrogens with zero attached hydrogens (tertiary/aromatic N) is 3. The predicted octanol–water partition coefficient (Wildman–Crippen LogP) is 3.36. The van der Waals surface area contributed by atoms with E-state index >= 15 is 0 Å². The first-order valence-electron chi connectivity index (χ1n) is 8.30. The van der Waals surface area contributed by atoms with Crippen molar-refractivity contribution < 1.29 is 9.59 Å². The number of hydrogen-bond donors (Lipinski definition) is 1. The molecule has 2 heterocycles. The lowest BCUT2D eigenvalue weighted by molar-refractivity contribution is -0.122. The first-order valence-corrected chi connectivity index (χ1v) is 9.09. The number of aromatic nitrogens is 2. The molecule has 3 aromatic rings. The zero-order valence-corrected chi connectivity index (χ0v) is 15.9. The molecule has 28 heavy (non-hydrogen) atoms. The summed E-state index contributed by atoms with van der Waals surface area (Å²) in [5.41, 5.74) is 2.10. The third kappa shape index (κ3) is 3.45. The molecule has 138 valence electrons. The summed E-state index contributed by atoms with van der Waals surface area (Å²) in [6.07, 6.45) is 5.06. The van der Waals surface area contributed by atoms with Crippen molar-refractivity contribution in [2.45, 2.75) is 0 Å². The van der Waals surface area contributed by atoms with Gasteiger partial charge in [0.2, 0.25) is 0 Å². The van der Waals surface area contributed by atoms with Crippen molar-refractivity contribution in [3.05, 3.63) is 83.2 Å². The SMILES string of the molecule is O=C1NC(=S)N(c2ccc(Cl)cc2)C(=O)C1=Cc1ccc(-n2cccn2)cc1. The molecule has 1 saturated heterocycles. The molecule has 1 fully saturated rings. The second-order valence-corrected chi connectivity index (χ2v) is 6.80. The Balaban J connectivity index is 1.65. The molecule has 0 spiro atoms. The Morgan fingerprint density at radius 3 is 2.32 bits per heavy atom. The quantitative estimate of drug-likeness (QED) is 0.410. The van der Waals surface area contributed by atoms with Gasteiger partial charge in [-0.1, -0.05) is 23.7 Å². The number of benzene rings is 2.